The van der Waals surface area contributed by atoms with E-state index in [0.717, 1.165) is 6.42 Å². The molecule has 1 heteroatoms. The first-order chi connectivity index (χ1) is 6.63. The zero-order valence-electron chi connectivity index (χ0n) is 12.0. The molecule has 15 heavy (non-hydrogen) atoms. The molecule has 2 aliphatic rings. The van der Waals surface area contributed by atoms with Crippen molar-refractivity contribution in [3.05, 3.63) is 47.1 Å². The third-order valence-electron chi connectivity index (χ3n) is 2.82. The van der Waals surface area contributed by atoms with Crippen molar-refractivity contribution in [3.63, 3.8) is 0 Å². The Morgan fingerprint density at radius 3 is 2.13 bits per heavy atom. The molecule has 1 unspecified atom stereocenters. The quantitative estimate of drug-likeness (QED) is 0.582. The van der Waals surface area contributed by atoms with Crippen molar-refractivity contribution >= 4 is 0 Å². The van der Waals surface area contributed by atoms with Gasteiger partial charge in [0.05, 0.1) is 0 Å². The molecular weight excluding hydrogens is 259 g/mol. The Bertz CT molecular complexity index is 315. The molecule has 0 amide bonds. The average Bonchev–Trinajstić information content (AvgIpc) is 2.78. The maximum atomic E-state index is 3.36. The molecule has 0 aromatic heterocycles. The summed E-state index contributed by atoms with van der Waals surface area (Å²) in [5, 5.41) is 0. The van der Waals surface area contributed by atoms with E-state index in [-0.39, 0.29) is 29.1 Å². The molecule has 0 bridgehead atoms. The fourth-order valence-corrected chi connectivity index (χ4v) is 1.50. The summed E-state index contributed by atoms with van der Waals surface area (Å²) >= 11 is 0. The van der Waals surface area contributed by atoms with Crippen LogP contribution in [0.15, 0.2) is 34.9 Å². The third-order valence-corrected chi connectivity index (χ3v) is 2.82. The molecule has 0 aromatic carbocycles. The average molecular weight is 280 g/mol. The summed E-state index contributed by atoms with van der Waals surface area (Å²) in [6.45, 7) is 8.67. The van der Waals surface area contributed by atoms with E-state index in [2.05, 4.69) is 45.9 Å². The molecule has 0 spiro atoms. The third kappa shape index (κ3) is 4.47. The van der Waals surface area contributed by atoms with Gasteiger partial charge in [0, 0.05) is 0 Å². The van der Waals surface area contributed by atoms with Crippen LogP contribution in [0.1, 0.15) is 37.0 Å². The van der Waals surface area contributed by atoms with Crippen molar-refractivity contribution < 1.29 is 29.1 Å². The van der Waals surface area contributed by atoms with Crippen LogP contribution in [0, 0.1) is 18.1 Å². The summed E-state index contributed by atoms with van der Waals surface area (Å²) in [5.41, 5.74) is 4.25. The Labute approximate surface area is 116 Å². The first-order valence-corrected chi connectivity index (χ1v) is 5.12. The molecule has 2 aliphatic carbocycles. The van der Waals surface area contributed by atoms with Crippen molar-refractivity contribution in [1.82, 2.24) is 0 Å². The minimum absolute atomic E-state index is 0. The van der Waals surface area contributed by atoms with E-state index in [4.69, 9.17) is 0 Å². The van der Waals surface area contributed by atoms with E-state index in [9.17, 15) is 0 Å². The van der Waals surface area contributed by atoms with Crippen LogP contribution < -0.4 is 0 Å². The fraction of sp³-hybridized carbons (Fsp3) is 0.429. The maximum absolute atomic E-state index is 3.36. The van der Waals surface area contributed by atoms with E-state index in [1.165, 1.54) is 16.7 Å². The van der Waals surface area contributed by atoms with Crippen molar-refractivity contribution in [2.45, 2.75) is 34.1 Å². The SMILES string of the molecule is CC1=[C-]C(C)C(C)=C1C.[C-]1=CC=CC1.[H-].[H-].[Zr+2]. The standard InChI is InChI=1S/C9H13.C5H5.Zr.2H/c1-6-5-7(2)9(4)8(6)3;1-2-4-5-3-1;;;/h6H,1-4H3;1-3H,4H2;;;/q2*-1;+2;2*-1. The van der Waals surface area contributed by atoms with Gasteiger partial charge in [-0.1, -0.05) is 26.7 Å². The van der Waals surface area contributed by atoms with Crippen LogP contribution in [0.5, 0.6) is 0 Å². The molecule has 0 N–H and O–H groups in total. The Morgan fingerprint density at radius 1 is 1.33 bits per heavy atom. The van der Waals surface area contributed by atoms with Gasteiger partial charge in [-0.3, -0.25) is 12.2 Å². The number of hydrogen-bond acceptors (Lipinski definition) is 0. The molecule has 0 aliphatic heterocycles. The van der Waals surface area contributed by atoms with Crippen LogP contribution in [-0.2, 0) is 26.2 Å². The molecule has 0 saturated carbocycles. The van der Waals surface area contributed by atoms with Gasteiger partial charge in [-0.05, 0) is 0 Å². The number of rotatable bonds is 0. The topological polar surface area (TPSA) is 0 Å². The van der Waals surface area contributed by atoms with Gasteiger partial charge < -0.3 is 2.85 Å². The largest absolute Gasteiger partial charge is 2.00 e. The first-order valence-electron chi connectivity index (χ1n) is 5.12. The Balaban J connectivity index is -0.000000216. The van der Waals surface area contributed by atoms with Crippen molar-refractivity contribution in [3.8, 4) is 0 Å². The molecule has 2 rings (SSSR count). The molecule has 1 atom stereocenters. The molecule has 82 valence electrons. The van der Waals surface area contributed by atoms with Crippen molar-refractivity contribution in [2.24, 2.45) is 5.92 Å². The molecule has 0 saturated heterocycles. The Kier molecular flexibility index (Phi) is 7.10. The van der Waals surface area contributed by atoms with Crippen LogP contribution in [0.2, 0.25) is 0 Å². The minimum atomic E-state index is 0. The van der Waals surface area contributed by atoms with Crippen LogP contribution in [-0.4, -0.2) is 0 Å². The molecule has 0 aromatic rings. The van der Waals surface area contributed by atoms with Crippen molar-refractivity contribution in [1.29, 1.82) is 0 Å². The molecule has 0 radical (unpaired) electrons. The second-order valence-corrected chi connectivity index (χ2v) is 3.80. The predicted octanol–water partition coefficient (Wildman–Crippen LogP) is 4.25. The van der Waals surface area contributed by atoms with E-state index < -0.39 is 0 Å². The van der Waals surface area contributed by atoms with E-state index in [1.807, 2.05) is 12.2 Å². The Hall–Kier alpha value is -0.157. The molecular formula is C14H20Zr-2. The summed E-state index contributed by atoms with van der Waals surface area (Å²) in [6.07, 6.45) is 13.4. The normalized spacial score (nSPS) is 22.1. The van der Waals surface area contributed by atoms with Gasteiger partial charge in [-0.15, -0.1) is 13.3 Å². The minimum Gasteiger partial charge on any atom is -1.00 e. The van der Waals surface area contributed by atoms with Crippen LogP contribution >= 0.6 is 0 Å². The van der Waals surface area contributed by atoms with Crippen LogP contribution in [0.25, 0.3) is 0 Å². The van der Waals surface area contributed by atoms with Gasteiger partial charge in [0.2, 0.25) is 0 Å². The van der Waals surface area contributed by atoms with Gasteiger partial charge in [0.15, 0.2) is 0 Å². The maximum Gasteiger partial charge on any atom is 2.00 e. The summed E-state index contributed by atoms with van der Waals surface area (Å²) in [6, 6.07) is 0. The molecule has 0 fully saturated rings. The van der Waals surface area contributed by atoms with Gasteiger partial charge in [0.25, 0.3) is 0 Å². The summed E-state index contributed by atoms with van der Waals surface area (Å²) in [5.74, 6) is 0.560. The number of allylic oxidation sites excluding steroid dienone is 8. The van der Waals surface area contributed by atoms with E-state index >= 15 is 0 Å². The second kappa shape index (κ2) is 7.17. The van der Waals surface area contributed by atoms with E-state index in [1.54, 1.807) is 0 Å². The van der Waals surface area contributed by atoms with Gasteiger partial charge in [-0.25, -0.2) is 17.7 Å². The molecule has 0 heterocycles. The first kappa shape index (κ1) is 14.8. The van der Waals surface area contributed by atoms with Crippen molar-refractivity contribution in [2.75, 3.05) is 0 Å². The summed E-state index contributed by atoms with van der Waals surface area (Å²) < 4.78 is 0. The van der Waals surface area contributed by atoms with Gasteiger partial charge in [0.1, 0.15) is 0 Å². The van der Waals surface area contributed by atoms with Crippen LogP contribution in [0.3, 0.4) is 0 Å². The number of hydrogen-bond donors (Lipinski definition) is 0. The summed E-state index contributed by atoms with van der Waals surface area (Å²) in [7, 11) is 0. The smallest absolute Gasteiger partial charge is 1.00 e. The van der Waals surface area contributed by atoms with Crippen LogP contribution in [0.4, 0.5) is 0 Å². The zero-order valence-corrected chi connectivity index (χ0v) is 12.5. The van der Waals surface area contributed by atoms with Gasteiger partial charge >= 0.3 is 26.2 Å². The summed E-state index contributed by atoms with van der Waals surface area (Å²) in [4.78, 5) is 0. The predicted molar refractivity (Wildman–Crippen MR) is 63.8 cm³/mol. The second-order valence-electron chi connectivity index (χ2n) is 3.80. The molecule has 0 nitrogen and oxygen atoms in total. The Morgan fingerprint density at radius 2 is 2.00 bits per heavy atom. The van der Waals surface area contributed by atoms with Gasteiger partial charge in [-0.2, -0.15) is 17.2 Å². The zero-order chi connectivity index (χ0) is 10.6. The fourth-order valence-electron chi connectivity index (χ4n) is 1.50. The monoisotopic (exact) mass is 278 g/mol. The van der Waals surface area contributed by atoms with E-state index in [0.29, 0.717) is 5.92 Å².